The number of nitrogens with zero attached hydrogens (tertiary/aromatic N) is 5. The quantitative estimate of drug-likeness (QED) is 0.784. The summed E-state index contributed by atoms with van der Waals surface area (Å²) in [6, 6.07) is 7.39. The van der Waals surface area contributed by atoms with Crippen molar-refractivity contribution >= 4 is 11.7 Å². The lowest BCUT2D eigenvalue weighted by molar-refractivity contribution is 0.0789. The first kappa shape index (κ1) is 17.8. The summed E-state index contributed by atoms with van der Waals surface area (Å²) in [6.07, 6.45) is 4.29. The molecule has 0 saturated carbocycles. The van der Waals surface area contributed by atoms with E-state index in [9.17, 15) is 4.79 Å². The number of hydrogen-bond donors (Lipinski definition) is 1. The molecule has 2 rings (SSSR count). The first-order valence-corrected chi connectivity index (χ1v) is 7.93. The maximum absolute atomic E-state index is 12.4. The Labute approximate surface area is 142 Å². The molecule has 0 aliphatic heterocycles. The second-order valence-electron chi connectivity index (χ2n) is 5.87. The molecule has 2 aromatic rings. The molecule has 7 heteroatoms. The van der Waals surface area contributed by atoms with E-state index in [4.69, 9.17) is 0 Å². The van der Waals surface area contributed by atoms with Crippen LogP contribution in [0.5, 0.6) is 0 Å². The molecule has 0 aliphatic rings. The van der Waals surface area contributed by atoms with E-state index in [0.29, 0.717) is 18.1 Å². The summed E-state index contributed by atoms with van der Waals surface area (Å²) in [5, 5.41) is 11.3. The number of anilines is 1. The van der Waals surface area contributed by atoms with Crippen LogP contribution in [0.2, 0.25) is 0 Å². The lowest BCUT2D eigenvalue weighted by Gasteiger charge is -2.16. The van der Waals surface area contributed by atoms with Gasteiger partial charge in [-0.3, -0.25) is 9.78 Å². The van der Waals surface area contributed by atoms with E-state index in [1.54, 1.807) is 36.5 Å². The number of pyridine rings is 1. The van der Waals surface area contributed by atoms with Crippen LogP contribution in [0.3, 0.4) is 0 Å². The van der Waals surface area contributed by atoms with E-state index in [1.165, 1.54) is 0 Å². The van der Waals surface area contributed by atoms with E-state index in [1.807, 2.05) is 26.2 Å². The third-order valence-corrected chi connectivity index (χ3v) is 3.58. The molecule has 2 aromatic heterocycles. The first-order valence-electron chi connectivity index (χ1n) is 7.93. The Morgan fingerprint density at radius 1 is 1.04 bits per heavy atom. The number of rotatable bonds is 8. The zero-order valence-electron chi connectivity index (χ0n) is 14.4. The Kier molecular flexibility index (Phi) is 6.62. The molecular weight excluding hydrogens is 304 g/mol. The number of carbonyl (C=O) groups excluding carboxylic acids is 1. The van der Waals surface area contributed by atoms with Crippen LogP contribution < -0.4 is 5.32 Å². The Hall–Kier alpha value is -2.54. The third kappa shape index (κ3) is 5.58. The molecule has 0 bridgehead atoms. The minimum Gasteiger partial charge on any atom is -0.367 e. The molecular formula is C17H24N6O. The van der Waals surface area contributed by atoms with Crippen molar-refractivity contribution in [1.29, 1.82) is 0 Å². The smallest absolute Gasteiger partial charge is 0.274 e. The molecule has 0 radical (unpaired) electrons. The monoisotopic (exact) mass is 328 g/mol. The SMILES string of the molecule is CN(C)CCNc1ccc(C(=O)N(C)CCc2ccncc2)nn1. The van der Waals surface area contributed by atoms with Crippen LogP contribution in [0.15, 0.2) is 36.7 Å². The number of amides is 1. The maximum Gasteiger partial charge on any atom is 0.274 e. The molecule has 0 aromatic carbocycles. The summed E-state index contributed by atoms with van der Waals surface area (Å²) in [5.41, 5.74) is 1.50. The van der Waals surface area contributed by atoms with Gasteiger partial charge in [-0.15, -0.1) is 10.2 Å². The van der Waals surface area contributed by atoms with Crippen molar-refractivity contribution in [3.05, 3.63) is 47.9 Å². The van der Waals surface area contributed by atoms with Crippen molar-refractivity contribution in [2.24, 2.45) is 0 Å². The highest BCUT2D eigenvalue weighted by Gasteiger charge is 2.13. The lowest BCUT2D eigenvalue weighted by atomic mass is 10.2. The van der Waals surface area contributed by atoms with Gasteiger partial charge in [0.15, 0.2) is 5.69 Å². The summed E-state index contributed by atoms with van der Waals surface area (Å²) in [7, 11) is 5.79. The van der Waals surface area contributed by atoms with Crippen molar-refractivity contribution < 1.29 is 4.79 Å². The van der Waals surface area contributed by atoms with Crippen molar-refractivity contribution in [3.63, 3.8) is 0 Å². The fourth-order valence-electron chi connectivity index (χ4n) is 2.09. The number of nitrogens with one attached hydrogen (secondary N) is 1. The Morgan fingerprint density at radius 2 is 1.79 bits per heavy atom. The van der Waals surface area contributed by atoms with E-state index in [-0.39, 0.29) is 5.91 Å². The molecule has 1 N–H and O–H groups in total. The highest BCUT2D eigenvalue weighted by Crippen LogP contribution is 2.06. The second kappa shape index (κ2) is 8.93. The van der Waals surface area contributed by atoms with Crippen LogP contribution in [0, 0.1) is 0 Å². The topological polar surface area (TPSA) is 74.2 Å². The van der Waals surface area contributed by atoms with Gasteiger partial charge >= 0.3 is 0 Å². The summed E-state index contributed by atoms with van der Waals surface area (Å²) in [4.78, 5) is 20.1. The van der Waals surface area contributed by atoms with Gasteiger partial charge in [0.1, 0.15) is 5.82 Å². The average molecular weight is 328 g/mol. The zero-order valence-corrected chi connectivity index (χ0v) is 14.4. The highest BCUT2D eigenvalue weighted by molar-refractivity contribution is 5.92. The number of aromatic nitrogens is 3. The molecule has 0 atom stereocenters. The molecule has 1 amide bonds. The van der Waals surface area contributed by atoms with Gasteiger partial charge in [0, 0.05) is 39.1 Å². The van der Waals surface area contributed by atoms with Gasteiger partial charge in [-0.25, -0.2) is 0 Å². The molecule has 24 heavy (non-hydrogen) atoms. The maximum atomic E-state index is 12.4. The van der Waals surface area contributed by atoms with E-state index in [0.717, 1.165) is 25.1 Å². The zero-order chi connectivity index (χ0) is 17.4. The molecule has 128 valence electrons. The van der Waals surface area contributed by atoms with Crippen LogP contribution in [0.4, 0.5) is 5.82 Å². The molecule has 0 fully saturated rings. The summed E-state index contributed by atoms with van der Waals surface area (Å²) < 4.78 is 0. The fraction of sp³-hybridized carbons (Fsp3) is 0.412. The molecule has 2 heterocycles. The second-order valence-corrected chi connectivity index (χ2v) is 5.87. The predicted octanol–water partition coefficient (Wildman–Crippen LogP) is 1.16. The average Bonchev–Trinajstić information content (AvgIpc) is 2.60. The van der Waals surface area contributed by atoms with Gasteiger partial charge in [-0.2, -0.15) is 0 Å². The largest absolute Gasteiger partial charge is 0.367 e. The van der Waals surface area contributed by atoms with Crippen LogP contribution in [0.1, 0.15) is 16.1 Å². The number of likely N-dealkylation sites (N-methyl/N-ethyl adjacent to an activating group) is 2. The normalized spacial score (nSPS) is 10.7. The number of hydrogen-bond acceptors (Lipinski definition) is 6. The van der Waals surface area contributed by atoms with E-state index in [2.05, 4.69) is 25.4 Å². The third-order valence-electron chi connectivity index (χ3n) is 3.58. The Bertz CT molecular complexity index is 629. The lowest BCUT2D eigenvalue weighted by Crippen LogP contribution is -2.29. The van der Waals surface area contributed by atoms with Crippen LogP contribution in [-0.4, -0.2) is 71.7 Å². The molecule has 0 spiro atoms. The van der Waals surface area contributed by atoms with E-state index >= 15 is 0 Å². The van der Waals surface area contributed by atoms with E-state index < -0.39 is 0 Å². The van der Waals surface area contributed by atoms with Crippen LogP contribution >= 0.6 is 0 Å². The Balaban J connectivity index is 1.84. The van der Waals surface area contributed by atoms with Gasteiger partial charge in [-0.05, 0) is 50.3 Å². The molecule has 0 aliphatic carbocycles. The minimum absolute atomic E-state index is 0.128. The predicted molar refractivity (Wildman–Crippen MR) is 94.0 cm³/mol. The van der Waals surface area contributed by atoms with Crippen molar-refractivity contribution in [2.45, 2.75) is 6.42 Å². The molecule has 0 saturated heterocycles. The molecule has 0 unspecified atom stereocenters. The fourth-order valence-corrected chi connectivity index (χ4v) is 2.09. The Morgan fingerprint density at radius 3 is 2.42 bits per heavy atom. The standard InChI is InChI=1S/C17H24N6O/c1-22(2)13-11-19-16-5-4-15(20-21-16)17(24)23(3)12-8-14-6-9-18-10-7-14/h4-7,9-10H,8,11-13H2,1-3H3,(H,19,21). The van der Waals surface area contributed by atoms with Gasteiger partial charge < -0.3 is 15.1 Å². The summed E-state index contributed by atoms with van der Waals surface area (Å²) >= 11 is 0. The first-order chi connectivity index (χ1) is 11.6. The molecule has 7 nitrogen and oxygen atoms in total. The summed E-state index contributed by atoms with van der Waals surface area (Å²) in [6.45, 7) is 2.30. The van der Waals surface area contributed by atoms with Gasteiger partial charge in [0.25, 0.3) is 5.91 Å². The highest BCUT2D eigenvalue weighted by atomic mass is 16.2. The van der Waals surface area contributed by atoms with Gasteiger partial charge in [0.2, 0.25) is 0 Å². The minimum atomic E-state index is -0.128. The van der Waals surface area contributed by atoms with Crippen LogP contribution in [0.25, 0.3) is 0 Å². The van der Waals surface area contributed by atoms with Crippen molar-refractivity contribution in [3.8, 4) is 0 Å². The van der Waals surface area contributed by atoms with Gasteiger partial charge in [-0.1, -0.05) is 0 Å². The number of carbonyl (C=O) groups is 1. The van der Waals surface area contributed by atoms with Crippen molar-refractivity contribution in [1.82, 2.24) is 25.0 Å². The van der Waals surface area contributed by atoms with Crippen molar-refractivity contribution in [2.75, 3.05) is 46.1 Å². The van der Waals surface area contributed by atoms with Crippen LogP contribution in [-0.2, 0) is 6.42 Å². The van der Waals surface area contributed by atoms with Gasteiger partial charge in [0.05, 0.1) is 0 Å². The summed E-state index contributed by atoms with van der Waals surface area (Å²) in [5.74, 6) is 0.546.